The monoisotopic (exact) mass is 703 g/mol. The lowest BCUT2D eigenvalue weighted by atomic mass is 9.92. The standard InChI is InChI=1S/C51H33N3O/c1-2-52-24-12-10-19-40(52)35-28-36-38-26-31(30-14-4-3-5-15-30)27-39-46-42(22-23-45-47(46)34-18-8-9-21-44(34)55-45)54(50(38)39)43(36)29-37(35)49-48-33-17-7-6-16-32(33)41-20-11-13-25-53(41)51(48)49/h2-29,48-49,51H,1H2/q+2. The third kappa shape index (κ3) is 3.80. The van der Waals surface area contributed by atoms with Gasteiger partial charge in [-0.3, -0.25) is 0 Å². The van der Waals surface area contributed by atoms with Crippen molar-refractivity contribution in [1.29, 1.82) is 0 Å². The minimum atomic E-state index is 0.291. The van der Waals surface area contributed by atoms with Crippen molar-refractivity contribution in [3.05, 3.63) is 182 Å². The molecule has 3 atom stereocenters. The van der Waals surface area contributed by atoms with E-state index in [1.807, 2.05) is 6.20 Å². The van der Waals surface area contributed by atoms with Gasteiger partial charge in [-0.1, -0.05) is 66.7 Å². The number of aromatic nitrogens is 3. The van der Waals surface area contributed by atoms with Gasteiger partial charge in [0.1, 0.15) is 11.2 Å². The van der Waals surface area contributed by atoms with Crippen LogP contribution < -0.4 is 9.13 Å². The van der Waals surface area contributed by atoms with Crippen LogP contribution in [-0.2, 0) is 0 Å². The van der Waals surface area contributed by atoms with Crippen LogP contribution in [0.1, 0.15) is 29.0 Å². The van der Waals surface area contributed by atoms with Crippen LogP contribution >= 0.6 is 0 Å². The van der Waals surface area contributed by atoms with Gasteiger partial charge in [-0.2, -0.15) is 9.13 Å². The van der Waals surface area contributed by atoms with Crippen molar-refractivity contribution in [2.24, 2.45) is 0 Å². The minimum Gasteiger partial charge on any atom is -0.456 e. The van der Waals surface area contributed by atoms with Crippen molar-refractivity contribution in [3.63, 3.8) is 0 Å². The lowest BCUT2D eigenvalue weighted by Crippen LogP contribution is -2.37. The predicted octanol–water partition coefficient (Wildman–Crippen LogP) is 11.8. The van der Waals surface area contributed by atoms with Gasteiger partial charge in [0, 0.05) is 62.1 Å². The third-order valence-corrected chi connectivity index (χ3v) is 12.7. The Kier molecular flexibility index (Phi) is 5.64. The molecule has 256 valence electrons. The fourth-order valence-corrected chi connectivity index (χ4v) is 10.4. The Morgan fingerprint density at radius 2 is 1.29 bits per heavy atom. The molecule has 3 unspecified atom stereocenters. The summed E-state index contributed by atoms with van der Waals surface area (Å²) >= 11 is 0. The largest absolute Gasteiger partial charge is 0.456 e. The van der Waals surface area contributed by atoms with Crippen molar-refractivity contribution in [1.82, 2.24) is 4.40 Å². The molecule has 0 amide bonds. The highest BCUT2D eigenvalue weighted by Crippen LogP contribution is 2.66. The lowest BCUT2D eigenvalue weighted by molar-refractivity contribution is -0.693. The van der Waals surface area contributed by atoms with E-state index in [0.717, 1.165) is 22.2 Å². The number of fused-ring (bicyclic) bond motifs is 16. The molecule has 0 bridgehead atoms. The molecule has 13 rings (SSSR count). The number of furan rings is 1. The maximum Gasteiger partial charge on any atom is 0.218 e. The van der Waals surface area contributed by atoms with Crippen LogP contribution in [-0.4, -0.2) is 4.40 Å². The first-order chi connectivity index (χ1) is 27.3. The van der Waals surface area contributed by atoms with Crippen molar-refractivity contribution in [2.45, 2.75) is 17.9 Å². The van der Waals surface area contributed by atoms with Crippen LogP contribution in [0.5, 0.6) is 0 Å². The Hall–Kier alpha value is -7.04. The smallest absolute Gasteiger partial charge is 0.218 e. The average molecular weight is 704 g/mol. The van der Waals surface area contributed by atoms with Gasteiger partial charge in [-0.05, 0) is 89.5 Å². The highest BCUT2D eigenvalue weighted by atomic mass is 16.3. The summed E-state index contributed by atoms with van der Waals surface area (Å²) in [6.07, 6.45) is 6.33. The first-order valence-corrected chi connectivity index (χ1v) is 19.2. The first kappa shape index (κ1) is 29.4. The predicted molar refractivity (Wildman–Crippen MR) is 222 cm³/mol. The van der Waals surface area contributed by atoms with Crippen molar-refractivity contribution < 1.29 is 13.6 Å². The zero-order valence-electron chi connectivity index (χ0n) is 29.9. The van der Waals surface area contributed by atoms with Gasteiger partial charge >= 0.3 is 0 Å². The maximum absolute atomic E-state index is 6.49. The van der Waals surface area contributed by atoms with Crippen molar-refractivity contribution >= 4 is 66.2 Å². The fraction of sp³-hybridized carbons (Fsp3) is 0.0588. The summed E-state index contributed by atoms with van der Waals surface area (Å²) in [6.45, 7) is 4.24. The van der Waals surface area contributed by atoms with E-state index < -0.39 is 0 Å². The van der Waals surface area contributed by atoms with Crippen LogP contribution in [0.15, 0.2) is 175 Å². The summed E-state index contributed by atoms with van der Waals surface area (Å²) in [5.41, 5.74) is 15.8. The molecule has 4 nitrogen and oxygen atoms in total. The normalized spacial score (nSPS) is 17.3. The van der Waals surface area contributed by atoms with E-state index in [1.165, 1.54) is 82.6 Å². The van der Waals surface area contributed by atoms with E-state index in [0.29, 0.717) is 17.9 Å². The molecule has 6 aromatic carbocycles. The van der Waals surface area contributed by atoms with Crippen molar-refractivity contribution in [2.75, 3.05) is 0 Å². The summed E-state index contributed by atoms with van der Waals surface area (Å²) in [5, 5.41) is 7.35. The summed E-state index contributed by atoms with van der Waals surface area (Å²) in [5.74, 6) is 0.666. The molecule has 1 aliphatic heterocycles. The van der Waals surface area contributed by atoms with Crippen LogP contribution in [0.4, 0.5) is 0 Å². The summed E-state index contributed by atoms with van der Waals surface area (Å²) in [7, 11) is 0. The van der Waals surface area contributed by atoms with Crippen LogP contribution in [0.3, 0.4) is 0 Å². The van der Waals surface area contributed by atoms with Gasteiger partial charge in [-0.25, -0.2) is 0 Å². The minimum absolute atomic E-state index is 0.291. The van der Waals surface area contributed by atoms with Gasteiger partial charge in [-0.15, -0.1) is 0 Å². The molecule has 6 heterocycles. The zero-order valence-corrected chi connectivity index (χ0v) is 29.9. The van der Waals surface area contributed by atoms with Crippen LogP contribution in [0.2, 0.25) is 0 Å². The van der Waals surface area contributed by atoms with E-state index in [-0.39, 0.29) is 0 Å². The number of nitrogens with zero attached hydrogens (tertiary/aromatic N) is 3. The van der Waals surface area contributed by atoms with E-state index in [9.17, 15) is 0 Å². The van der Waals surface area contributed by atoms with Crippen LogP contribution in [0.25, 0.3) is 99.9 Å². The molecule has 5 aromatic heterocycles. The second-order valence-electron chi connectivity index (χ2n) is 15.3. The second-order valence-corrected chi connectivity index (χ2v) is 15.3. The summed E-state index contributed by atoms with van der Waals surface area (Å²) < 4.78 is 13.7. The number of pyridine rings is 2. The molecule has 1 fully saturated rings. The van der Waals surface area contributed by atoms with Crippen molar-refractivity contribution in [3.8, 4) is 33.6 Å². The molecule has 0 spiro atoms. The average Bonchev–Trinajstić information content (AvgIpc) is 3.58. The van der Waals surface area contributed by atoms with Crippen LogP contribution in [0, 0.1) is 0 Å². The molecule has 11 aromatic rings. The van der Waals surface area contributed by atoms with E-state index in [2.05, 4.69) is 184 Å². The molecule has 1 saturated carbocycles. The highest BCUT2D eigenvalue weighted by Gasteiger charge is 2.64. The molecule has 0 N–H and O–H groups in total. The Balaban J connectivity index is 1.19. The number of para-hydroxylation sites is 1. The number of hydrogen-bond acceptors (Lipinski definition) is 1. The van der Waals surface area contributed by atoms with Gasteiger partial charge in [0.05, 0.1) is 33.9 Å². The Morgan fingerprint density at radius 3 is 2.20 bits per heavy atom. The molecular formula is C51H33N3O+2. The van der Waals surface area contributed by atoms with Gasteiger partial charge < -0.3 is 8.82 Å². The molecule has 0 saturated heterocycles. The quantitative estimate of drug-likeness (QED) is 0.168. The molecule has 0 radical (unpaired) electrons. The topological polar surface area (TPSA) is 25.3 Å². The van der Waals surface area contributed by atoms with Gasteiger partial charge in [0.25, 0.3) is 0 Å². The van der Waals surface area contributed by atoms with Gasteiger partial charge in [0.15, 0.2) is 24.6 Å². The Labute approximate surface area is 316 Å². The Morgan fingerprint density at radius 1 is 0.527 bits per heavy atom. The highest BCUT2D eigenvalue weighted by molar-refractivity contribution is 6.32. The first-order valence-electron chi connectivity index (χ1n) is 19.2. The van der Waals surface area contributed by atoms with E-state index >= 15 is 0 Å². The molecular weight excluding hydrogens is 671 g/mol. The van der Waals surface area contributed by atoms with E-state index in [1.54, 1.807) is 0 Å². The third-order valence-electron chi connectivity index (χ3n) is 12.7. The number of hydrogen-bond donors (Lipinski definition) is 0. The summed E-state index contributed by atoms with van der Waals surface area (Å²) in [6, 6.07) is 56.0. The maximum atomic E-state index is 6.49. The molecule has 2 aliphatic rings. The van der Waals surface area contributed by atoms with Gasteiger partial charge in [0.2, 0.25) is 11.4 Å². The second kappa shape index (κ2) is 10.6. The lowest BCUT2D eigenvalue weighted by Gasteiger charge is -2.12. The fourth-order valence-electron chi connectivity index (χ4n) is 10.4. The number of benzene rings is 6. The number of rotatable bonds is 4. The summed E-state index contributed by atoms with van der Waals surface area (Å²) in [4.78, 5) is 0. The zero-order chi connectivity index (χ0) is 35.9. The molecule has 4 heteroatoms. The van der Waals surface area contributed by atoms with E-state index in [4.69, 9.17) is 4.42 Å². The molecule has 55 heavy (non-hydrogen) atoms. The Bertz CT molecular complexity index is 3370. The molecule has 1 aliphatic carbocycles. The SMILES string of the molecule is C=C[n+]1ccccc1-c1cc2c3cc(-c4ccccc4)cc4c5c6c(ccc5n(c2cc1C1C2c5ccccc5-c5cccc[n+]5C12)c34)oc1ccccc16.